The fourth-order valence-corrected chi connectivity index (χ4v) is 9.18. The zero-order valence-corrected chi connectivity index (χ0v) is 27.3. The van der Waals surface area contributed by atoms with Crippen LogP contribution >= 0.6 is 21.3 Å². The van der Waals surface area contributed by atoms with Gasteiger partial charge in [0.25, 0.3) is 0 Å². The van der Waals surface area contributed by atoms with Crippen LogP contribution in [0.1, 0.15) is 68.2 Å². The van der Waals surface area contributed by atoms with Crippen LogP contribution in [0.25, 0.3) is 0 Å². The molecule has 2 atom stereocenters. The van der Waals surface area contributed by atoms with Gasteiger partial charge in [-0.25, -0.2) is 8.88 Å². The average molecular weight is 598 g/mol. The monoisotopic (exact) mass is 596 g/mol. The van der Waals surface area contributed by atoms with Gasteiger partial charge in [-0.2, -0.15) is 0 Å². The van der Waals surface area contributed by atoms with E-state index in [4.69, 9.17) is 55.1 Å². The molecule has 1 N–H and O–H groups in total. The predicted octanol–water partition coefficient (Wildman–Crippen LogP) is 6.31. The molecular weight excluding hydrogens is 559 g/mol. The zero-order valence-electron chi connectivity index (χ0n) is 20.0. The zero-order chi connectivity index (χ0) is 23.8. The Labute approximate surface area is 211 Å². The van der Waals surface area contributed by atoms with Crippen LogP contribution in [0.5, 0.6) is 0 Å². The largest absolute Gasteiger partial charge is 0.472 e. The molecule has 186 valence electrons. The smallest absolute Gasteiger partial charge is 0.309 e. The predicted molar refractivity (Wildman–Crippen MR) is 128 cm³/mol. The molecule has 0 rings (SSSR count). The molecule has 0 heterocycles. The van der Waals surface area contributed by atoms with Crippen molar-refractivity contribution >= 4 is 44.9 Å². The molecule has 0 bridgehead atoms. The van der Waals surface area contributed by atoms with Crippen molar-refractivity contribution in [1.82, 2.24) is 0 Å². The number of phosphoric acid groups is 1. The van der Waals surface area contributed by atoms with Crippen LogP contribution in [0.2, 0.25) is 0 Å². The van der Waals surface area contributed by atoms with Gasteiger partial charge in [0, 0.05) is 19.5 Å². The molecule has 0 aromatic rings. The summed E-state index contributed by atoms with van der Waals surface area (Å²) >= 11 is 10.4. The third-order valence-corrected chi connectivity index (χ3v) is 10.7. The van der Waals surface area contributed by atoms with E-state index in [-0.39, 0.29) is 31.7 Å². The van der Waals surface area contributed by atoms with Crippen molar-refractivity contribution in [2.75, 3.05) is 26.4 Å². The Morgan fingerprint density at radius 3 is 1.16 bits per heavy atom. The molecule has 15 heteroatoms. The van der Waals surface area contributed by atoms with Gasteiger partial charge >= 0.3 is 21.3 Å². The normalized spacial score (nSPS) is 15.8. The van der Waals surface area contributed by atoms with Gasteiger partial charge in [0.05, 0.1) is 38.6 Å². The fraction of sp³-hybridized carbons (Fsp3) is 1.00. The van der Waals surface area contributed by atoms with Gasteiger partial charge in [-0.05, 0) is 78.0 Å². The second kappa shape index (κ2) is 20.1. The van der Waals surface area contributed by atoms with E-state index < -0.39 is 21.3 Å². The van der Waals surface area contributed by atoms with Gasteiger partial charge in [-0.3, -0.25) is 9.05 Å². The molecule has 0 aromatic carbocycles. The maximum absolute atomic E-state index is 11.3. The van der Waals surface area contributed by atoms with Crippen LogP contribution in [0.4, 0.5) is 0 Å². The van der Waals surface area contributed by atoms with Crippen LogP contribution in [-0.2, 0) is 79.1 Å². The molecule has 31 heavy (non-hydrogen) atoms. The van der Waals surface area contributed by atoms with Gasteiger partial charge in [0.1, 0.15) is 0 Å². The fourth-order valence-electron chi connectivity index (χ4n) is 1.55. The van der Waals surface area contributed by atoms with E-state index in [0.717, 1.165) is 0 Å². The quantitative estimate of drug-likeness (QED) is 0.160. The summed E-state index contributed by atoms with van der Waals surface area (Å²) in [5, 5.41) is 0. The Morgan fingerprint density at radius 1 is 0.710 bits per heavy atom. The van der Waals surface area contributed by atoms with Crippen LogP contribution in [0.3, 0.4) is 0 Å². The number of hydrogen-bond donors (Lipinski definition) is 1. The molecule has 0 aliphatic carbocycles. The van der Waals surface area contributed by atoms with Crippen molar-refractivity contribution in [3.63, 3.8) is 0 Å². The van der Waals surface area contributed by atoms with Crippen molar-refractivity contribution in [2.45, 2.75) is 80.4 Å². The number of phosphoric ester groups is 1. The van der Waals surface area contributed by atoms with Crippen molar-refractivity contribution < 1.29 is 60.4 Å². The second-order valence-electron chi connectivity index (χ2n) is 5.76. The Morgan fingerprint density at radius 2 is 0.968 bits per heavy atom. The van der Waals surface area contributed by atoms with Gasteiger partial charge < -0.3 is 23.0 Å². The molecule has 2 unspecified atom stereocenters. The summed E-state index contributed by atoms with van der Waals surface area (Å²) < 4.78 is 47.9. The van der Waals surface area contributed by atoms with Crippen LogP contribution in [0, 0.1) is 0 Å². The van der Waals surface area contributed by atoms with E-state index in [1.807, 2.05) is 41.5 Å². The van der Waals surface area contributed by atoms with Crippen molar-refractivity contribution in [2.24, 2.45) is 0 Å². The first kappa shape index (κ1) is 37.4. The molecule has 0 saturated carbocycles. The molecule has 0 aliphatic rings. The summed E-state index contributed by atoms with van der Waals surface area (Å²) in [7, 11) is -3.84. The van der Waals surface area contributed by atoms with E-state index in [1.54, 1.807) is 13.8 Å². The summed E-state index contributed by atoms with van der Waals surface area (Å²) in [6, 6.07) is 0. The van der Waals surface area contributed by atoms with Gasteiger partial charge in [0.15, 0.2) is 0 Å². The first-order valence-corrected chi connectivity index (χ1v) is 16.7. The van der Waals surface area contributed by atoms with Crippen molar-refractivity contribution in [3.8, 4) is 0 Å². The maximum atomic E-state index is 11.3. The third-order valence-electron chi connectivity index (χ3n) is 3.12. The number of hydrogen-bond acceptors (Lipinski definition) is 10. The summed E-state index contributed by atoms with van der Waals surface area (Å²) in [4.78, 5) is 9.23. The van der Waals surface area contributed by atoms with E-state index >= 15 is 0 Å². The summed E-state index contributed by atoms with van der Waals surface area (Å²) in [6.07, 6.45) is 0.878. The topological polar surface area (TPSA) is 102 Å². The summed E-state index contributed by atoms with van der Waals surface area (Å²) in [5.41, 5.74) is 0. The number of rotatable bonds is 16. The second-order valence-corrected chi connectivity index (χ2v) is 13.3. The average Bonchev–Trinajstić information content (AvgIpc) is 2.61. The molecule has 9 nitrogen and oxygen atoms in total. The first-order chi connectivity index (χ1) is 13.9. The molecular formula is C16H39O9P3S2Zn. The Kier molecular flexibility index (Phi) is 24.2. The van der Waals surface area contributed by atoms with E-state index in [1.165, 1.54) is 0 Å². The van der Waals surface area contributed by atoms with E-state index in [0.29, 0.717) is 39.3 Å². The van der Waals surface area contributed by atoms with Gasteiger partial charge in [0.2, 0.25) is 0 Å². The minimum absolute atomic E-state index is 0. The molecule has 0 aliphatic heterocycles. The molecule has 0 spiro atoms. The SMILES string of the molecule is CCC(C)OP(=O)(O)OC(C)CC.CCOP(=S)(OCC)OP(=S)(OCC)OCC.[Zn]. The standard InChI is InChI=1S/C8H20O5P2S2.C8H19O4P.Zn/c1-5-9-14(16,10-6-2)13-15(17,11-7-3)12-8-4;1-5-7(3)11-13(9,10)12-8(4)6-2;/h5-8H2,1-4H3;7-8H,5-6H2,1-4H3,(H,9,10);. The van der Waals surface area contributed by atoms with E-state index in [9.17, 15) is 9.46 Å². The Hall–Kier alpha value is 1.83. The molecule has 0 amide bonds. The van der Waals surface area contributed by atoms with Crippen molar-refractivity contribution in [3.05, 3.63) is 0 Å². The molecule has 0 radical (unpaired) electrons. The molecule has 0 aromatic heterocycles. The Bertz CT molecular complexity index is 523. The first-order valence-electron chi connectivity index (χ1n) is 10.0. The Balaban J connectivity index is -0.000000507. The summed E-state index contributed by atoms with van der Waals surface area (Å²) in [5.74, 6) is 0. The maximum Gasteiger partial charge on any atom is 0.472 e. The molecule has 0 fully saturated rings. The van der Waals surface area contributed by atoms with Crippen molar-refractivity contribution in [1.29, 1.82) is 0 Å². The molecule has 0 saturated heterocycles. The van der Waals surface area contributed by atoms with Gasteiger partial charge in [-0.1, -0.05) is 13.8 Å². The van der Waals surface area contributed by atoms with Gasteiger partial charge in [-0.15, -0.1) is 0 Å². The third kappa shape index (κ3) is 19.8. The van der Waals surface area contributed by atoms with Crippen LogP contribution in [0.15, 0.2) is 0 Å². The minimum atomic E-state index is -3.84. The van der Waals surface area contributed by atoms with E-state index in [2.05, 4.69) is 0 Å². The minimum Gasteiger partial charge on any atom is -0.309 e. The van der Waals surface area contributed by atoms with Crippen LogP contribution in [-0.4, -0.2) is 43.5 Å². The summed E-state index contributed by atoms with van der Waals surface area (Å²) in [6.45, 7) is 10.3. The van der Waals surface area contributed by atoms with Crippen LogP contribution < -0.4 is 0 Å².